The number of hydrogen-bond acceptors (Lipinski definition) is 5. The number of carbonyl (C=O) groups is 1. The normalized spacial score (nSPS) is 21.0. The Hall–Kier alpha value is -3.61. The van der Waals surface area contributed by atoms with Crippen molar-refractivity contribution in [1.29, 1.82) is 0 Å². The minimum Gasteiger partial charge on any atom is -0.267 e. The van der Waals surface area contributed by atoms with E-state index in [-0.39, 0.29) is 5.91 Å². The maximum atomic E-state index is 12.3. The molecule has 2 aromatic carbocycles. The average Bonchev–Trinajstić information content (AvgIpc) is 3.36. The average molecular weight is 384 g/mol. The second kappa shape index (κ2) is 7.43. The number of amides is 1. The van der Waals surface area contributed by atoms with Gasteiger partial charge in [-0.25, -0.2) is 5.43 Å². The molecule has 2 atom stereocenters. The quantitative estimate of drug-likeness (QED) is 0.541. The highest BCUT2D eigenvalue weighted by molar-refractivity contribution is 5.98. The molecule has 0 spiro atoms. The molecule has 1 saturated carbocycles. The van der Waals surface area contributed by atoms with Gasteiger partial charge in [-0.1, -0.05) is 54.6 Å². The number of tetrazole rings is 1. The summed E-state index contributed by atoms with van der Waals surface area (Å²) in [5.74, 6) is 1.52. The Bertz CT molecular complexity index is 1080. The van der Waals surface area contributed by atoms with Gasteiger partial charge in [-0.3, -0.25) is 4.79 Å². The van der Waals surface area contributed by atoms with E-state index < -0.39 is 0 Å². The van der Waals surface area contributed by atoms with Gasteiger partial charge in [0.15, 0.2) is 0 Å². The van der Waals surface area contributed by atoms with Crippen LogP contribution in [0.3, 0.4) is 0 Å². The SMILES string of the molecule is O=C(N/N=C1/C[C@H]2C=CC[C@H]12)c1ccc(Cn2nnc(-c3ccccc3)n2)cc1. The maximum absolute atomic E-state index is 12.3. The highest BCUT2D eigenvalue weighted by Gasteiger charge is 2.38. The van der Waals surface area contributed by atoms with E-state index in [1.165, 1.54) is 0 Å². The van der Waals surface area contributed by atoms with Crippen LogP contribution in [-0.4, -0.2) is 31.8 Å². The van der Waals surface area contributed by atoms with Crippen LogP contribution in [-0.2, 0) is 6.54 Å². The van der Waals surface area contributed by atoms with Crippen LogP contribution in [0.1, 0.15) is 28.8 Å². The summed E-state index contributed by atoms with van der Waals surface area (Å²) in [4.78, 5) is 13.9. The third-order valence-electron chi connectivity index (χ3n) is 5.49. The molecule has 1 amide bonds. The van der Waals surface area contributed by atoms with Crippen molar-refractivity contribution in [1.82, 2.24) is 25.6 Å². The Balaban J connectivity index is 1.20. The highest BCUT2D eigenvalue weighted by Crippen LogP contribution is 2.40. The van der Waals surface area contributed by atoms with Crippen molar-refractivity contribution in [3.63, 3.8) is 0 Å². The molecule has 0 saturated heterocycles. The Morgan fingerprint density at radius 2 is 1.97 bits per heavy atom. The molecule has 1 fully saturated rings. The van der Waals surface area contributed by atoms with Crippen molar-refractivity contribution in [2.75, 3.05) is 0 Å². The molecule has 29 heavy (non-hydrogen) atoms. The smallest absolute Gasteiger partial charge is 0.267 e. The van der Waals surface area contributed by atoms with Gasteiger partial charge in [0, 0.05) is 22.8 Å². The zero-order valence-corrected chi connectivity index (χ0v) is 15.8. The predicted octanol–water partition coefficient (Wildman–Crippen LogP) is 3.07. The lowest BCUT2D eigenvalue weighted by Crippen LogP contribution is -2.35. The van der Waals surface area contributed by atoms with Gasteiger partial charge in [0.1, 0.15) is 0 Å². The first kappa shape index (κ1) is 17.5. The van der Waals surface area contributed by atoms with Crippen LogP contribution in [0, 0.1) is 11.8 Å². The molecule has 3 aromatic rings. The second-order valence-corrected chi connectivity index (χ2v) is 7.39. The summed E-state index contributed by atoms with van der Waals surface area (Å²) < 4.78 is 0. The van der Waals surface area contributed by atoms with E-state index >= 15 is 0 Å². The van der Waals surface area contributed by atoms with Gasteiger partial charge in [-0.15, -0.1) is 10.2 Å². The molecule has 144 valence electrons. The van der Waals surface area contributed by atoms with Crippen molar-refractivity contribution in [3.05, 3.63) is 77.9 Å². The molecule has 1 heterocycles. The summed E-state index contributed by atoms with van der Waals surface area (Å²) in [5.41, 5.74) is 6.28. The number of hydrazone groups is 1. The van der Waals surface area contributed by atoms with Crippen molar-refractivity contribution >= 4 is 11.6 Å². The van der Waals surface area contributed by atoms with Gasteiger partial charge in [-0.2, -0.15) is 9.90 Å². The molecule has 2 aliphatic carbocycles. The van der Waals surface area contributed by atoms with E-state index in [9.17, 15) is 4.79 Å². The fraction of sp³-hybridized carbons (Fsp3) is 0.227. The lowest BCUT2D eigenvalue weighted by Gasteiger charge is -2.31. The molecule has 2 aliphatic rings. The first-order chi connectivity index (χ1) is 14.3. The fourth-order valence-electron chi connectivity index (χ4n) is 3.79. The molecule has 0 radical (unpaired) electrons. The van der Waals surface area contributed by atoms with Gasteiger partial charge in [0.25, 0.3) is 5.91 Å². The minimum absolute atomic E-state index is 0.191. The zero-order chi connectivity index (χ0) is 19.6. The van der Waals surface area contributed by atoms with Gasteiger partial charge < -0.3 is 0 Å². The van der Waals surface area contributed by atoms with Crippen LogP contribution in [0.2, 0.25) is 0 Å². The molecular weight excluding hydrogens is 364 g/mol. The van der Waals surface area contributed by atoms with E-state index in [0.29, 0.717) is 29.8 Å². The number of rotatable bonds is 5. The van der Waals surface area contributed by atoms with Crippen molar-refractivity contribution < 1.29 is 4.79 Å². The number of hydrogen-bond donors (Lipinski definition) is 1. The molecule has 0 unspecified atom stereocenters. The minimum atomic E-state index is -0.191. The Labute approximate surface area is 168 Å². The van der Waals surface area contributed by atoms with E-state index in [1.54, 1.807) is 16.9 Å². The third-order valence-corrected chi connectivity index (χ3v) is 5.49. The van der Waals surface area contributed by atoms with Crippen LogP contribution in [0.15, 0.2) is 71.9 Å². The molecule has 1 N–H and O–H groups in total. The lowest BCUT2D eigenvalue weighted by atomic mass is 9.74. The standard InChI is InChI=1S/C22H20N6O/c29-22(25-23-20-13-18-7-4-8-19(18)20)17-11-9-15(10-12-17)14-28-26-21(24-27-28)16-5-2-1-3-6-16/h1-7,9-12,18-19H,8,13-14H2,(H,25,29)/b23-20-/t18-,19+/m1/s1. The van der Waals surface area contributed by atoms with Gasteiger partial charge in [-0.05, 0) is 41.7 Å². The molecule has 0 bridgehead atoms. The van der Waals surface area contributed by atoms with Gasteiger partial charge >= 0.3 is 0 Å². The molecule has 5 rings (SSSR count). The predicted molar refractivity (Wildman–Crippen MR) is 109 cm³/mol. The number of allylic oxidation sites excluding steroid dienone is 2. The van der Waals surface area contributed by atoms with Gasteiger partial charge in [0.05, 0.1) is 6.54 Å². The summed E-state index contributed by atoms with van der Waals surface area (Å²) in [7, 11) is 0. The van der Waals surface area contributed by atoms with Crippen LogP contribution in [0.5, 0.6) is 0 Å². The molecular formula is C22H20N6O. The number of benzene rings is 2. The lowest BCUT2D eigenvalue weighted by molar-refractivity contribution is 0.0954. The molecule has 7 nitrogen and oxygen atoms in total. The number of fused-ring (bicyclic) bond motifs is 1. The van der Waals surface area contributed by atoms with Crippen LogP contribution in [0.4, 0.5) is 0 Å². The first-order valence-electron chi connectivity index (χ1n) is 9.72. The number of nitrogens with one attached hydrogen (secondary N) is 1. The van der Waals surface area contributed by atoms with E-state index in [0.717, 1.165) is 29.7 Å². The second-order valence-electron chi connectivity index (χ2n) is 7.39. The topological polar surface area (TPSA) is 85.1 Å². The largest absolute Gasteiger partial charge is 0.271 e. The monoisotopic (exact) mass is 384 g/mol. The Morgan fingerprint density at radius 3 is 2.76 bits per heavy atom. The van der Waals surface area contributed by atoms with Crippen molar-refractivity contribution in [2.24, 2.45) is 16.9 Å². The van der Waals surface area contributed by atoms with Crippen LogP contribution in [0.25, 0.3) is 11.4 Å². The van der Waals surface area contributed by atoms with E-state index in [2.05, 4.69) is 38.1 Å². The van der Waals surface area contributed by atoms with E-state index in [1.807, 2.05) is 42.5 Å². The van der Waals surface area contributed by atoms with Crippen LogP contribution >= 0.6 is 0 Å². The highest BCUT2D eigenvalue weighted by atomic mass is 16.2. The first-order valence-corrected chi connectivity index (χ1v) is 9.72. The number of aromatic nitrogens is 4. The summed E-state index contributed by atoms with van der Waals surface area (Å²) >= 11 is 0. The van der Waals surface area contributed by atoms with E-state index in [4.69, 9.17) is 0 Å². The fourth-order valence-corrected chi connectivity index (χ4v) is 3.79. The Morgan fingerprint density at radius 1 is 1.14 bits per heavy atom. The number of carbonyl (C=O) groups excluding carboxylic acids is 1. The van der Waals surface area contributed by atoms with Gasteiger partial charge in [0.2, 0.25) is 5.82 Å². The Kier molecular flexibility index (Phi) is 4.48. The van der Waals surface area contributed by atoms with Crippen molar-refractivity contribution in [3.8, 4) is 11.4 Å². The third kappa shape index (κ3) is 3.59. The molecule has 7 heteroatoms. The summed E-state index contributed by atoms with van der Waals surface area (Å²) in [5, 5.41) is 16.9. The number of nitrogens with zero attached hydrogens (tertiary/aromatic N) is 5. The summed E-state index contributed by atoms with van der Waals surface area (Å²) in [6.07, 6.45) is 6.44. The maximum Gasteiger partial charge on any atom is 0.271 e. The molecule has 0 aliphatic heterocycles. The van der Waals surface area contributed by atoms with Crippen LogP contribution < -0.4 is 5.43 Å². The van der Waals surface area contributed by atoms with Crippen molar-refractivity contribution in [2.45, 2.75) is 19.4 Å². The summed E-state index contributed by atoms with van der Waals surface area (Å²) in [6, 6.07) is 17.1. The zero-order valence-electron chi connectivity index (χ0n) is 15.8. The summed E-state index contributed by atoms with van der Waals surface area (Å²) in [6.45, 7) is 0.486. The molecule has 1 aromatic heterocycles.